The number of ether oxygens (including phenoxy) is 5. The van der Waals surface area contributed by atoms with E-state index in [1.807, 2.05) is 77.5 Å². The molecule has 3 N–H and O–H groups in total. The summed E-state index contributed by atoms with van der Waals surface area (Å²) < 4.78 is 29.6. The SMILES string of the molecule is CCOC(=O)[C@@]12C[C@H]1/C=C\CCCCN(C)C(=O)N1C[C@H](Oc3cc(-c4nc(C(C)C)cs4)nc4cc(OC)ccc34)C[C@H]1C(=O)N2.COc1ccc2c(O[C@@H]3C[C@H]4C(=O)N[C@]5(C(=O)O)C[C@H]5/C=C\CCCCN(C)C(=O)N4C3)cc(-c3nc(C(C)C)cs3)nc2c1. The van der Waals surface area contributed by atoms with Crippen molar-refractivity contribution in [3.63, 3.8) is 0 Å². The highest BCUT2D eigenvalue weighted by Gasteiger charge is 2.63. The van der Waals surface area contributed by atoms with Crippen molar-refractivity contribution in [2.45, 2.75) is 146 Å². The number of benzene rings is 2. The average Bonchev–Trinajstić information content (AvgIpc) is 1.57. The first-order valence-electron chi connectivity index (χ1n) is 31.9. The van der Waals surface area contributed by atoms with Crippen LogP contribution in [0.25, 0.3) is 43.2 Å². The van der Waals surface area contributed by atoms with Gasteiger partial charge in [-0.3, -0.25) is 9.59 Å². The van der Waals surface area contributed by atoms with Crippen LogP contribution in [-0.2, 0) is 23.9 Å². The number of nitrogens with one attached hydrogen (secondary N) is 2. The number of amides is 6. The van der Waals surface area contributed by atoms with Crippen LogP contribution in [0.1, 0.15) is 122 Å². The largest absolute Gasteiger partial charge is 0.497 e. The molecule has 92 heavy (non-hydrogen) atoms. The second kappa shape index (κ2) is 27.4. The van der Waals surface area contributed by atoms with E-state index >= 15 is 0 Å². The lowest BCUT2D eigenvalue weighted by atomic mass is 10.1. The maximum Gasteiger partial charge on any atom is 0.332 e. The predicted molar refractivity (Wildman–Crippen MR) is 350 cm³/mol. The maximum atomic E-state index is 14.0. The van der Waals surface area contributed by atoms with Crippen molar-refractivity contribution >= 4 is 80.3 Å². The lowest BCUT2D eigenvalue weighted by Gasteiger charge is -2.30. The summed E-state index contributed by atoms with van der Waals surface area (Å²) in [4.78, 5) is 106. The molecule has 488 valence electrons. The average molecular weight is 1300 g/mol. The monoisotopic (exact) mass is 1290 g/mol. The predicted octanol–water partition coefficient (Wildman–Crippen LogP) is 10.6. The van der Waals surface area contributed by atoms with Crippen molar-refractivity contribution in [2.75, 3.05) is 61.1 Å². The summed E-state index contributed by atoms with van der Waals surface area (Å²) in [6.45, 7) is 11.9. The summed E-state index contributed by atoms with van der Waals surface area (Å²) in [5.74, 6) is 0.239. The standard InChI is InChI=1S/C35H43N5O6S.C33H39N5O6S/c1-6-45-33(42)35-18-22(35)11-9-7-8-10-14-39(4)34(43)40-19-24(16-29(40)31(41)38-35)46-30-17-27(32-37-28(20-47-32)21(2)3)36-26-15-23(44-5)12-13-25(26)30;1-19(2)26-18-45-30(35-26)25-15-28(23-11-10-21(43-4)13-24(23)34-25)44-22-14-27-29(39)36-33(31(40)41)16-20(33)9-7-5-6-8-12-37(3)32(42)38(27)17-22/h9,11-13,15,17,20-22,24,29H,6-8,10,14,16,18-19H2,1-5H3,(H,38,41);7,9-11,13,15,18-20,22,27H,5-6,8,12,14,16-17H2,1-4H3,(H,36,39)(H,40,41)/b11-9-;9-7-/t22-,24-,29+,35-;20-,22-,27+,33-/m11/s1. The first-order valence-corrected chi connectivity index (χ1v) is 33.6. The van der Waals surface area contributed by atoms with Crippen molar-refractivity contribution in [3.8, 4) is 44.4 Å². The fourth-order valence-electron chi connectivity index (χ4n) is 12.6. The van der Waals surface area contributed by atoms with Crippen molar-refractivity contribution in [2.24, 2.45) is 11.8 Å². The Bertz CT molecular complexity index is 3830. The number of nitrogens with zero attached hydrogens (tertiary/aromatic N) is 8. The molecule has 4 fully saturated rings. The van der Waals surface area contributed by atoms with Crippen LogP contribution in [0.15, 0.2) is 83.6 Å². The molecule has 6 aliphatic rings. The second-order valence-corrected chi connectivity index (χ2v) is 27.1. The molecule has 2 aromatic carbocycles. The van der Waals surface area contributed by atoms with E-state index in [1.54, 1.807) is 49.9 Å². The molecule has 12 rings (SSSR count). The molecule has 8 heterocycles. The van der Waals surface area contributed by atoms with Gasteiger partial charge >= 0.3 is 24.0 Å². The minimum atomic E-state index is -1.35. The Hall–Kier alpha value is -8.38. The number of thiazole rings is 2. The molecular weight excluding hydrogens is 1210 g/mol. The van der Waals surface area contributed by atoms with E-state index < -0.39 is 53.2 Å². The van der Waals surface area contributed by atoms with Gasteiger partial charge in [-0.05, 0) is 94.4 Å². The smallest absolute Gasteiger partial charge is 0.332 e. The third-order valence-corrected chi connectivity index (χ3v) is 20.0. The maximum absolute atomic E-state index is 14.0. The summed E-state index contributed by atoms with van der Waals surface area (Å²) in [6.07, 6.45) is 13.3. The summed E-state index contributed by atoms with van der Waals surface area (Å²) >= 11 is 3.04. The van der Waals surface area contributed by atoms with Crippen molar-refractivity contribution in [1.82, 2.24) is 50.2 Å². The molecular formula is C68H82N10O12S2. The Kier molecular flexibility index (Phi) is 19.4. The number of esters is 1. The van der Waals surface area contributed by atoms with E-state index in [1.165, 1.54) is 27.6 Å². The van der Waals surface area contributed by atoms with E-state index in [4.69, 9.17) is 43.6 Å². The number of rotatable bonds is 13. The van der Waals surface area contributed by atoms with Crippen LogP contribution in [0.5, 0.6) is 23.0 Å². The number of carboxylic acid groups (broad SMARTS) is 1. The molecule has 6 aromatic rings. The molecule has 4 aliphatic heterocycles. The van der Waals surface area contributed by atoms with Gasteiger partial charge in [0.15, 0.2) is 0 Å². The number of methoxy groups -OCH3 is 2. The summed E-state index contributed by atoms with van der Waals surface area (Å²) in [7, 11) is 6.71. The topological polar surface area (TPSA) is 257 Å². The van der Waals surface area contributed by atoms with Gasteiger partial charge in [0.05, 0.1) is 56.3 Å². The van der Waals surface area contributed by atoms with E-state index in [0.717, 1.165) is 70.7 Å². The number of pyridine rings is 2. The second-order valence-electron chi connectivity index (χ2n) is 25.4. The molecule has 22 nitrogen and oxygen atoms in total. The van der Waals surface area contributed by atoms with Gasteiger partial charge in [-0.1, -0.05) is 52.0 Å². The number of aliphatic carboxylic acids is 1. The molecule has 0 unspecified atom stereocenters. The number of carbonyl (C=O) groups is 6. The minimum Gasteiger partial charge on any atom is -0.497 e. The normalized spacial score (nSPS) is 25.9. The molecule has 4 aromatic heterocycles. The number of urea groups is 2. The van der Waals surface area contributed by atoms with Crippen LogP contribution in [-0.4, -0.2) is 177 Å². The van der Waals surface area contributed by atoms with Crippen LogP contribution < -0.4 is 29.6 Å². The fraction of sp³-hybridized carbons (Fsp3) is 0.500. The van der Waals surface area contributed by atoms with E-state index in [0.29, 0.717) is 71.4 Å². The van der Waals surface area contributed by atoms with Crippen molar-refractivity contribution in [3.05, 3.63) is 95.0 Å². The zero-order chi connectivity index (χ0) is 65.2. The van der Waals surface area contributed by atoms with E-state index in [-0.39, 0.29) is 74.2 Å². The van der Waals surface area contributed by atoms with E-state index in [9.17, 15) is 33.9 Å². The van der Waals surface area contributed by atoms with Crippen molar-refractivity contribution in [1.29, 1.82) is 0 Å². The molecule has 2 aliphatic carbocycles. The van der Waals surface area contributed by atoms with Gasteiger partial charge < -0.3 is 59.0 Å². The molecule has 24 heteroatoms. The minimum absolute atomic E-state index is 0.144. The number of hydrogen-bond acceptors (Lipinski definition) is 17. The highest BCUT2D eigenvalue weighted by molar-refractivity contribution is 7.13. The Morgan fingerprint density at radius 2 is 1.09 bits per heavy atom. The molecule has 2 saturated carbocycles. The van der Waals surface area contributed by atoms with Crippen LogP contribution in [0.3, 0.4) is 0 Å². The zero-order valence-corrected chi connectivity index (χ0v) is 55.3. The van der Waals surface area contributed by atoms with Crippen LogP contribution >= 0.6 is 22.7 Å². The van der Waals surface area contributed by atoms with Crippen molar-refractivity contribution < 1.29 is 57.6 Å². The number of fused-ring (bicyclic) bond motifs is 6. The molecule has 8 atom stereocenters. The highest BCUT2D eigenvalue weighted by atomic mass is 32.1. The lowest BCUT2D eigenvalue weighted by Crippen LogP contribution is -2.55. The van der Waals surface area contributed by atoms with Gasteiger partial charge in [0.2, 0.25) is 11.8 Å². The van der Waals surface area contributed by atoms with Gasteiger partial charge in [0.1, 0.15) is 79.8 Å². The number of carbonyl (C=O) groups excluding carboxylic acids is 5. The number of allylic oxidation sites excluding steroid dienone is 2. The first kappa shape index (κ1) is 65.1. The van der Waals surface area contributed by atoms with Gasteiger partial charge in [-0.25, -0.2) is 39.1 Å². The molecule has 0 bridgehead atoms. The third kappa shape index (κ3) is 13.7. The zero-order valence-electron chi connectivity index (χ0n) is 53.6. The molecule has 0 spiro atoms. The first-order chi connectivity index (χ1) is 44.2. The highest BCUT2D eigenvalue weighted by Crippen LogP contribution is 2.48. The van der Waals surface area contributed by atoms with Gasteiger partial charge in [-0.2, -0.15) is 0 Å². The Morgan fingerprint density at radius 3 is 1.51 bits per heavy atom. The summed E-state index contributed by atoms with van der Waals surface area (Å²) in [5.41, 5.74) is 2.19. The molecule has 2 saturated heterocycles. The number of hydrogen-bond donors (Lipinski definition) is 3. The number of carboxylic acids is 1. The quantitative estimate of drug-likeness (QED) is 0.0717. The fourth-order valence-corrected chi connectivity index (χ4v) is 14.4. The van der Waals surface area contributed by atoms with Crippen LogP contribution in [0.2, 0.25) is 0 Å². The van der Waals surface area contributed by atoms with Gasteiger partial charge in [0, 0.05) is 97.7 Å². The Morgan fingerprint density at radius 1 is 0.641 bits per heavy atom. The lowest BCUT2D eigenvalue weighted by molar-refractivity contribution is -0.149. The summed E-state index contributed by atoms with van der Waals surface area (Å²) in [5, 5.41) is 23.0. The molecule has 0 radical (unpaired) electrons. The third-order valence-electron chi connectivity index (χ3n) is 18.2. The summed E-state index contributed by atoms with van der Waals surface area (Å²) in [6, 6.07) is 12.7. The van der Waals surface area contributed by atoms with Gasteiger partial charge in [0.25, 0.3) is 0 Å². The molecule has 6 amide bonds. The Labute approximate surface area is 543 Å². The van der Waals surface area contributed by atoms with Crippen LogP contribution in [0, 0.1) is 11.8 Å². The van der Waals surface area contributed by atoms with Gasteiger partial charge in [-0.15, -0.1) is 22.7 Å². The van der Waals surface area contributed by atoms with E-state index in [2.05, 4.69) is 44.4 Å². The number of aromatic nitrogens is 4. The van der Waals surface area contributed by atoms with Crippen LogP contribution in [0.4, 0.5) is 9.59 Å². The Balaban J connectivity index is 0.000000189.